The van der Waals surface area contributed by atoms with Crippen molar-refractivity contribution in [1.29, 1.82) is 0 Å². The van der Waals surface area contributed by atoms with Gasteiger partial charge >= 0.3 is 0 Å². The molecule has 148 valence electrons. The fourth-order valence-corrected chi connectivity index (χ4v) is 2.83. The molecule has 0 unspecified atom stereocenters. The molecule has 0 aromatic heterocycles. The molecule has 0 bridgehead atoms. The van der Waals surface area contributed by atoms with Crippen molar-refractivity contribution < 1.29 is 14.3 Å². The summed E-state index contributed by atoms with van der Waals surface area (Å²) < 4.78 is 5.40. The Kier molecular flexibility index (Phi) is 6.63. The van der Waals surface area contributed by atoms with E-state index in [0.717, 1.165) is 17.9 Å². The van der Waals surface area contributed by atoms with Crippen LogP contribution in [0.3, 0.4) is 0 Å². The van der Waals surface area contributed by atoms with Gasteiger partial charge in [-0.05, 0) is 73.5 Å². The third-order valence-electron chi connectivity index (χ3n) is 4.43. The molecule has 2 N–H and O–H groups in total. The molecule has 0 aliphatic carbocycles. The van der Waals surface area contributed by atoms with Gasteiger partial charge < -0.3 is 15.4 Å². The third-order valence-corrected chi connectivity index (χ3v) is 4.43. The Morgan fingerprint density at radius 3 is 1.76 bits per heavy atom. The van der Waals surface area contributed by atoms with Crippen molar-refractivity contribution in [2.24, 2.45) is 0 Å². The van der Waals surface area contributed by atoms with Crippen molar-refractivity contribution in [3.63, 3.8) is 0 Å². The van der Waals surface area contributed by atoms with Crippen molar-refractivity contribution in [2.45, 2.75) is 20.3 Å². The van der Waals surface area contributed by atoms with Crippen LogP contribution in [0.25, 0.3) is 0 Å². The van der Waals surface area contributed by atoms with E-state index in [4.69, 9.17) is 4.74 Å². The number of ether oxygens (including phenoxy) is 1. The average molecular weight is 388 g/mol. The second kappa shape index (κ2) is 9.55. The van der Waals surface area contributed by atoms with Crippen LogP contribution in [-0.4, -0.2) is 18.4 Å². The highest BCUT2D eigenvalue weighted by atomic mass is 16.5. The maximum absolute atomic E-state index is 12.6. The minimum atomic E-state index is -0.281. The van der Waals surface area contributed by atoms with E-state index in [9.17, 15) is 9.59 Å². The summed E-state index contributed by atoms with van der Waals surface area (Å²) in [6, 6.07) is 21.5. The lowest BCUT2D eigenvalue weighted by Crippen LogP contribution is -2.15. The number of rotatable bonds is 7. The van der Waals surface area contributed by atoms with Gasteiger partial charge in [0.1, 0.15) is 5.75 Å². The molecule has 0 radical (unpaired) electrons. The Hall–Kier alpha value is -3.60. The molecular weight excluding hydrogens is 364 g/mol. The van der Waals surface area contributed by atoms with Gasteiger partial charge in [-0.15, -0.1) is 0 Å². The van der Waals surface area contributed by atoms with Crippen LogP contribution in [0.2, 0.25) is 0 Å². The van der Waals surface area contributed by atoms with E-state index in [0.29, 0.717) is 23.4 Å². The SMILES string of the molecule is CCOc1ccc(NC(=O)c2cccc(C(=O)Nc3ccc(CC)cc3)c2)cc1. The molecule has 0 atom stereocenters. The van der Waals surface area contributed by atoms with Crippen molar-refractivity contribution >= 4 is 23.2 Å². The van der Waals surface area contributed by atoms with Crippen molar-refractivity contribution in [3.05, 3.63) is 89.5 Å². The zero-order valence-electron chi connectivity index (χ0n) is 16.6. The molecule has 0 fully saturated rings. The highest BCUT2D eigenvalue weighted by molar-refractivity contribution is 6.08. The van der Waals surface area contributed by atoms with E-state index in [2.05, 4.69) is 17.6 Å². The first kappa shape index (κ1) is 20.1. The molecule has 0 aliphatic heterocycles. The summed E-state index contributed by atoms with van der Waals surface area (Å²) >= 11 is 0. The van der Waals surface area contributed by atoms with Crippen LogP contribution < -0.4 is 15.4 Å². The third kappa shape index (κ3) is 5.45. The molecule has 5 nitrogen and oxygen atoms in total. The van der Waals surface area contributed by atoms with Crippen LogP contribution in [0.15, 0.2) is 72.8 Å². The molecular formula is C24H24N2O3. The molecule has 3 rings (SSSR count). The van der Waals surface area contributed by atoms with Gasteiger partial charge in [-0.3, -0.25) is 9.59 Å². The summed E-state index contributed by atoms with van der Waals surface area (Å²) in [7, 11) is 0. The summed E-state index contributed by atoms with van der Waals surface area (Å²) in [6.45, 7) is 4.58. The van der Waals surface area contributed by atoms with Crippen LogP contribution in [0, 0.1) is 0 Å². The number of carbonyl (C=O) groups is 2. The molecule has 3 aromatic carbocycles. The zero-order valence-corrected chi connectivity index (χ0v) is 16.6. The minimum Gasteiger partial charge on any atom is -0.494 e. The highest BCUT2D eigenvalue weighted by Crippen LogP contribution is 2.17. The van der Waals surface area contributed by atoms with Gasteiger partial charge in [0, 0.05) is 22.5 Å². The molecule has 0 saturated carbocycles. The number of hydrogen-bond acceptors (Lipinski definition) is 3. The van der Waals surface area contributed by atoms with Gasteiger partial charge in [-0.2, -0.15) is 0 Å². The van der Waals surface area contributed by atoms with E-state index in [1.54, 1.807) is 48.5 Å². The normalized spacial score (nSPS) is 10.3. The molecule has 0 spiro atoms. The minimum absolute atomic E-state index is 0.259. The Balaban J connectivity index is 1.67. The van der Waals surface area contributed by atoms with E-state index >= 15 is 0 Å². The fraction of sp³-hybridized carbons (Fsp3) is 0.167. The first-order valence-corrected chi connectivity index (χ1v) is 9.63. The predicted molar refractivity (Wildman–Crippen MR) is 116 cm³/mol. The smallest absolute Gasteiger partial charge is 0.255 e. The largest absolute Gasteiger partial charge is 0.494 e. The van der Waals surface area contributed by atoms with Gasteiger partial charge in [0.15, 0.2) is 0 Å². The van der Waals surface area contributed by atoms with Gasteiger partial charge in [-0.1, -0.05) is 25.1 Å². The summed E-state index contributed by atoms with van der Waals surface area (Å²) in [5.41, 5.74) is 3.41. The number of hydrogen-bond donors (Lipinski definition) is 2. The van der Waals surface area contributed by atoms with Gasteiger partial charge in [0.2, 0.25) is 0 Å². The summed E-state index contributed by atoms with van der Waals surface area (Å²) in [6.07, 6.45) is 0.944. The van der Waals surface area contributed by atoms with Crippen LogP contribution in [0.5, 0.6) is 5.75 Å². The first-order valence-electron chi connectivity index (χ1n) is 9.63. The molecule has 3 aromatic rings. The summed E-state index contributed by atoms with van der Waals surface area (Å²) in [4.78, 5) is 25.1. The maximum atomic E-state index is 12.6. The van der Waals surface area contributed by atoms with Crippen molar-refractivity contribution in [1.82, 2.24) is 0 Å². The Morgan fingerprint density at radius 2 is 1.28 bits per heavy atom. The highest BCUT2D eigenvalue weighted by Gasteiger charge is 2.11. The maximum Gasteiger partial charge on any atom is 0.255 e. The Labute approximate surface area is 170 Å². The van der Waals surface area contributed by atoms with Crippen molar-refractivity contribution in [2.75, 3.05) is 17.2 Å². The predicted octanol–water partition coefficient (Wildman–Crippen LogP) is 5.15. The number of amides is 2. The molecule has 2 amide bonds. The zero-order chi connectivity index (χ0) is 20.6. The summed E-state index contributed by atoms with van der Waals surface area (Å²) in [5.74, 6) is 0.206. The van der Waals surface area contributed by atoms with Crippen LogP contribution >= 0.6 is 0 Å². The lowest BCUT2D eigenvalue weighted by molar-refractivity contribution is 0.102. The number of anilines is 2. The number of aryl methyl sites for hydroxylation is 1. The van der Waals surface area contributed by atoms with E-state index in [-0.39, 0.29) is 11.8 Å². The summed E-state index contributed by atoms with van der Waals surface area (Å²) in [5, 5.41) is 5.69. The van der Waals surface area contributed by atoms with Gasteiger partial charge in [0.25, 0.3) is 11.8 Å². The number of benzene rings is 3. The van der Waals surface area contributed by atoms with Gasteiger partial charge in [0.05, 0.1) is 6.61 Å². The lowest BCUT2D eigenvalue weighted by atomic mass is 10.1. The molecule has 0 aliphatic rings. The standard InChI is InChI=1S/C24H24N2O3/c1-3-17-8-10-20(11-9-17)25-23(27)18-6-5-7-19(16-18)24(28)26-21-12-14-22(15-13-21)29-4-2/h5-16H,3-4H2,1-2H3,(H,25,27)(H,26,28). The second-order valence-corrected chi connectivity index (χ2v) is 6.50. The first-order chi connectivity index (χ1) is 14.1. The second-order valence-electron chi connectivity index (χ2n) is 6.50. The molecule has 5 heteroatoms. The quantitative estimate of drug-likeness (QED) is 0.588. The van der Waals surface area contributed by atoms with E-state index < -0.39 is 0 Å². The topological polar surface area (TPSA) is 67.4 Å². The number of carbonyl (C=O) groups excluding carboxylic acids is 2. The average Bonchev–Trinajstić information content (AvgIpc) is 2.76. The Bertz CT molecular complexity index is 980. The lowest BCUT2D eigenvalue weighted by Gasteiger charge is -2.09. The van der Waals surface area contributed by atoms with Crippen LogP contribution in [0.4, 0.5) is 11.4 Å². The molecule has 0 heterocycles. The van der Waals surface area contributed by atoms with E-state index in [1.807, 2.05) is 31.2 Å². The monoisotopic (exact) mass is 388 g/mol. The van der Waals surface area contributed by atoms with E-state index in [1.165, 1.54) is 5.56 Å². The van der Waals surface area contributed by atoms with Crippen LogP contribution in [-0.2, 0) is 6.42 Å². The number of nitrogens with one attached hydrogen (secondary N) is 2. The van der Waals surface area contributed by atoms with Crippen molar-refractivity contribution in [3.8, 4) is 5.75 Å². The Morgan fingerprint density at radius 1 is 0.759 bits per heavy atom. The molecule has 0 saturated heterocycles. The fourth-order valence-electron chi connectivity index (χ4n) is 2.83. The molecule has 29 heavy (non-hydrogen) atoms. The van der Waals surface area contributed by atoms with Gasteiger partial charge in [-0.25, -0.2) is 0 Å². The van der Waals surface area contributed by atoms with Crippen LogP contribution in [0.1, 0.15) is 40.1 Å².